The molecule has 5 nitrogen and oxygen atoms in total. The predicted molar refractivity (Wildman–Crippen MR) is 109 cm³/mol. The molecule has 3 aromatic rings. The van der Waals surface area contributed by atoms with E-state index < -0.39 is 0 Å². The van der Waals surface area contributed by atoms with E-state index >= 15 is 0 Å². The summed E-state index contributed by atoms with van der Waals surface area (Å²) >= 11 is 0. The van der Waals surface area contributed by atoms with Crippen LogP contribution in [0.1, 0.15) is 25.0 Å². The molecule has 0 spiro atoms. The number of anilines is 1. The van der Waals surface area contributed by atoms with Crippen LogP contribution < -0.4 is 10.1 Å². The van der Waals surface area contributed by atoms with Crippen LogP contribution in [-0.2, 0) is 11.3 Å². The van der Waals surface area contributed by atoms with Gasteiger partial charge in [-0.25, -0.2) is 4.39 Å². The maximum absolute atomic E-state index is 13.6. The second-order valence-electron chi connectivity index (χ2n) is 7.84. The fraction of sp³-hybridized carbons (Fsp3) is 0.304. The minimum absolute atomic E-state index is 0.0333. The molecule has 5 rings (SSSR count). The van der Waals surface area contributed by atoms with Crippen molar-refractivity contribution in [2.24, 2.45) is 5.92 Å². The van der Waals surface area contributed by atoms with Crippen LogP contribution in [0.5, 0.6) is 5.75 Å². The quantitative estimate of drug-likeness (QED) is 0.695. The molecule has 2 heterocycles. The highest BCUT2D eigenvalue weighted by molar-refractivity contribution is 5.97. The standard InChI is InChI=1S/C23H22FN3O2/c1-14-22(17-7-10-20-19(11-17)25-21(28)13-29-20)23(16-5-8-18(24)9-6-16)27(26-14)12-15-3-2-4-15/h5-11,15H,2-4,12-13H2,1H3,(H,25,28). The summed E-state index contributed by atoms with van der Waals surface area (Å²) in [6.45, 7) is 2.89. The second kappa shape index (κ2) is 7.03. The lowest BCUT2D eigenvalue weighted by Gasteiger charge is -2.26. The molecule has 2 aliphatic rings. The fourth-order valence-electron chi connectivity index (χ4n) is 4.12. The van der Waals surface area contributed by atoms with Crippen LogP contribution >= 0.6 is 0 Å². The highest BCUT2D eigenvalue weighted by Crippen LogP contribution is 2.40. The predicted octanol–water partition coefficient (Wildman–Crippen LogP) is 4.80. The fourth-order valence-corrected chi connectivity index (χ4v) is 4.12. The molecule has 2 aromatic carbocycles. The Morgan fingerprint density at radius 3 is 2.66 bits per heavy atom. The molecular formula is C23H22FN3O2. The molecule has 148 valence electrons. The number of benzene rings is 2. The van der Waals surface area contributed by atoms with E-state index in [-0.39, 0.29) is 18.3 Å². The van der Waals surface area contributed by atoms with Crippen LogP contribution in [0.25, 0.3) is 22.4 Å². The first-order valence-electron chi connectivity index (χ1n) is 9.99. The van der Waals surface area contributed by atoms with Crippen molar-refractivity contribution in [2.75, 3.05) is 11.9 Å². The first kappa shape index (κ1) is 17.9. The molecule has 1 fully saturated rings. The van der Waals surface area contributed by atoms with Crippen LogP contribution in [0.2, 0.25) is 0 Å². The van der Waals surface area contributed by atoms with Gasteiger partial charge in [-0.15, -0.1) is 0 Å². The number of ether oxygens (including phenoxy) is 1. The van der Waals surface area contributed by atoms with Gasteiger partial charge in [0.15, 0.2) is 6.61 Å². The van der Waals surface area contributed by atoms with Crippen LogP contribution in [-0.4, -0.2) is 22.3 Å². The monoisotopic (exact) mass is 391 g/mol. The summed E-state index contributed by atoms with van der Waals surface area (Å²) in [6, 6.07) is 12.4. The van der Waals surface area contributed by atoms with Crippen molar-refractivity contribution >= 4 is 11.6 Å². The lowest BCUT2D eigenvalue weighted by molar-refractivity contribution is -0.118. The Bertz CT molecular complexity index is 1080. The minimum Gasteiger partial charge on any atom is -0.482 e. The van der Waals surface area contributed by atoms with Crippen molar-refractivity contribution in [1.82, 2.24) is 9.78 Å². The molecule has 1 N–H and O–H groups in total. The first-order chi connectivity index (χ1) is 14.1. The number of nitrogens with zero attached hydrogens (tertiary/aromatic N) is 2. The molecule has 0 saturated heterocycles. The summed E-state index contributed by atoms with van der Waals surface area (Å²) in [5, 5.41) is 7.71. The van der Waals surface area contributed by atoms with Crippen molar-refractivity contribution in [3.05, 3.63) is 54.0 Å². The number of aryl methyl sites for hydroxylation is 1. The van der Waals surface area contributed by atoms with E-state index in [4.69, 9.17) is 9.84 Å². The van der Waals surface area contributed by atoms with E-state index in [1.54, 1.807) is 12.1 Å². The third-order valence-electron chi connectivity index (χ3n) is 5.80. The number of amides is 1. The largest absolute Gasteiger partial charge is 0.482 e. The van der Waals surface area contributed by atoms with Crippen LogP contribution in [0, 0.1) is 18.7 Å². The number of carbonyl (C=O) groups is 1. The van der Waals surface area contributed by atoms with E-state index in [0.717, 1.165) is 34.6 Å². The van der Waals surface area contributed by atoms with Gasteiger partial charge in [-0.3, -0.25) is 9.48 Å². The maximum Gasteiger partial charge on any atom is 0.262 e. The van der Waals surface area contributed by atoms with Gasteiger partial charge in [-0.05, 0) is 67.6 Å². The van der Waals surface area contributed by atoms with Crippen LogP contribution in [0.4, 0.5) is 10.1 Å². The molecule has 0 bridgehead atoms. The zero-order valence-electron chi connectivity index (χ0n) is 16.2. The van der Waals surface area contributed by atoms with Gasteiger partial charge in [0, 0.05) is 17.7 Å². The van der Waals surface area contributed by atoms with Gasteiger partial charge in [0.05, 0.1) is 17.1 Å². The lowest BCUT2D eigenvalue weighted by atomic mass is 9.85. The molecule has 1 amide bonds. The minimum atomic E-state index is -0.259. The van der Waals surface area contributed by atoms with Crippen molar-refractivity contribution in [1.29, 1.82) is 0 Å². The molecule has 0 unspecified atom stereocenters. The number of nitrogens with one attached hydrogen (secondary N) is 1. The SMILES string of the molecule is Cc1nn(CC2CCC2)c(-c2ccc(F)cc2)c1-c1ccc2c(c1)NC(=O)CO2. The number of rotatable bonds is 4. The Kier molecular flexibility index (Phi) is 4.34. The summed E-state index contributed by atoms with van der Waals surface area (Å²) in [4.78, 5) is 11.7. The Labute approximate surface area is 168 Å². The van der Waals surface area contributed by atoms with Gasteiger partial charge in [0.2, 0.25) is 0 Å². The lowest BCUT2D eigenvalue weighted by Crippen LogP contribution is -2.25. The van der Waals surface area contributed by atoms with Gasteiger partial charge in [-0.1, -0.05) is 12.5 Å². The van der Waals surface area contributed by atoms with Gasteiger partial charge in [-0.2, -0.15) is 5.10 Å². The highest BCUT2D eigenvalue weighted by Gasteiger charge is 2.25. The second-order valence-corrected chi connectivity index (χ2v) is 7.84. The summed E-state index contributed by atoms with van der Waals surface area (Å²) in [7, 11) is 0. The molecule has 6 heteroatoms. The summed E-state index contributed by atoms with van der Waals surface area (Å²) in [5.41, 5.74) is 5.43. The van der Waals surface area contributed by atoms with E-state index in [2.05, 4.69) is 10.00 Å². The summed E-state index contributed by atoms with van der Waals surface area (Å²) < 4.78 is 21.1. The normalized spacial score (nSPS) is 16.0. The Balaban J connectivity index is 1.64. The Morgan fingerprint density at radius 1 is 1.17 bits per heavy atom. The molecule has 1 saturated carbocycles. The molecule has 1 aromatic heterocycles. The highest BCUT2D eigenvalue weighted by atomic mass is 19.1. The average molecular weight is 391 g/mol. The molecule has 0 atom stereocenters. The van der Waals surface area contributed by atoms with Crippen molar-refractivity contribution < 1.29 is 13.9 Å². The molecule has 29 heavy (non-hydrogen) atoms. The van der Waals surface area contributed by atoms with Crippen molar-refractivity contribution in [3.8, 4) is 28.1 Å². The average Bonchev–Trinajstić information content (AvgIpc) is 3.00. The van der Waals surface area contributed by atoms with Crippen LogP contribution in [0.3, 0.4) is 0 Å². The Hall–Kier alpha value is -3.15. The van der Waals surface area contributed by atoms with Crippen LogP contribution in [0.15, 0.2) is 42.5 Å². The smallest absolute Gasteiger partial charge is 0.262 e. The molecule has 1 aliphatic heterocycles. The zero-order valence-corrected chi connectivity index (χ0v) is 16.2. The molecule has 1 aliphatic carbocycles. The molecular weight excluding hydrogens is 369 g/mol. The van der Waals surface area contributed by atoms with Gasteiger partial charge in [0.1, 0.15) is 11.6 Å². The number of carbonyl (C=O) groups excluding carboxylic acids is 1. The number of hydrogen-bond donors (Lipinski definition) is 1. The number of hydrogen-bond acceptors (Lipinski definition) is 3. The third-order valence-corrected chi connectivity index (χ3v) is 5.80. The summed E-state index contributed by atoms with van der Waals surface area (Å²) in [5.74, 6) is 0.880. The van der Waals surface area contributed by atoms with E-state index in [9.17, 15) is 9.18 Å². The topological polar surface area (TPSA) is 56.2 Å². The van der Waals surface area contributed by atoms with Gasteiger partial charge in [0.25, 0.3) is 5.91 Å². The number of fused-ring (bicyclic) bond motifs is 1. The first-order valence-corrected chi connectivity index (χ1v) is 9.99. The molecule has 0 radical (unpaired) electrons. The Morgan fingerprint density at radius 2 is 1.93 bits per heavy atom. The zero-order chi connectivity index (χ0) is 20.0. The van der Waals surface area contributed by atoms with E-state index in [1.165, 1.54) is 31.4 Å². The van der Waals surface area contributed by atoms with Crippen molar-refractivity contribution in [3.63, 3.8) is 0 Å². The van der Waals surface area contributed by atoms with E-state index in [1.807, 2.05) is 25.1 Å². The maximum atomic E-state index is 13.6. The number of halogens is 1. The summed E-state index contributed by atoms with van der Waals surface area (Å²) in [6.07, 6.45) is 3.72. The third kappa shape index (κ3) is 3.28. The van der Waals surface area contributed by atoms with Crippen molar-refractivity contribution in [2.45, 2.75) is 32.7 Å². The van der Waals surface area contributed by atoms with Gasteiger partial charge < -0.3 is 10.1 Å². The van der Waals surface area contributed by atoms with Gasteiger partial charge >= 0.3 is 0 Å². The number of aromatic nitrogens is 2. The van der Waals surface area contributed by atoms with E-state index in [0.29, 0.717) is 17.4 Å².